The lowest BCUT2D eigenvalue weighted by atomic mass is 10.2. The average Bonchev–Trinajstić information content (AvgIpc) is 2.47. The minimum absolute atomic E-state index is 0.0982. The summed E-state index contributed by atoms with van der Waals surface area (Å²) >= 11 is 0. The molecule has 2 amide bonds. The maximum atomic E-state index is 11.6. The molecule has 0 unspecified atom stereocenters. The van der Waals surface area contributed by atoms with Crippen LogP contribution in [0.2, 0.25) is 0 Å². The molecule has 1 aliphatic heterocycles. The molecule has 0 bridgehead atoms. The molecule has 0 spiro atoms. The minimum atomic E-state index is -0.0982. The summed E-state index contributed by atoms with van der Waals surface area (Å²) in [5, 5.41) is 9.05. The third-order valence-corrected chi connectivity index (χ3v) is 3.22. The smallest absolute Gasteiger partial charge is 0.315 e. The van der Waals surface area contributed by atoms with Gasteiger partial charge in [0.2, 0.25) is 0 Å². The number of urea groups is 1. The number of hydrogen-bond acceptors (Lipinski definition) is 3. The normalized spacial score (nSPS) is 16.0. The molecule has 5 nitrogen and oxygen atoms in total. The van der Waals surface area contributed by atoms with Gasteiger partial charge in [-0.2, -0.15) is 0 Å². The fourth-order valence-corrected chi connectivity index (χ4v) is 2.10. The molecular weight excluding hydrogens is 240 g/mol. The van der Waals surface area contributed by atoms with Crippen molar-refractivity contribution >= 4 is 6.03 Å². The molecule has 5 heteroatoms. The van der Waals surface area contributed by atoms with E-state index in [1.54, 1.807) is 0 Å². The molecule has 1 aromatic carbocycles. The number of nitrogens with one attached hydrogen (secondary N) is 3. The van der Waals surface area contributed by atoms with E-state index in [1.165, 1.54) is 0 Å². The van der Waals surface area contributed by atoms with Crippen LogP contribution in [-0.2, 0) is 6.54 Å². The Labute approximate surface area is 114 Å². The summed E-state index contributed by atoms with van der Waals surface area (Å²) in [5.41, 5.74) is 1.11. The Morgan fingerprint density at radius 2 is 1.89 bits per heavy atom. The summed E-state index contributed by atoms with van der Waals surface area (Å²) < 4.78 is 0. The third kappa shape index (κ3) is 5.28. The van der Waals surface area contributed by atoms with E-state index in [1.807, 2.05) is 30.3 Å². The Hall–Kier alpha value is -1.59. The number of carbonyl (C=O) groups is 1. The zero-order valence-electron chi connectivity index (χ0n) is 11.2. The predicted octanol–water partition coefficient (Wildman–Crippen LogP) is 0.391. The molecule has 0 radical (unpaired) electrons. The van der Waals surface area contributed by atoms with Crippen LogP contribution in [0.5, 0.6) is 0 Å². The highest BCUT2D eigenvalue weighted by atomic mass is 16.2. The quantitative estimate of drug-likeness (QED) is 0.719. The van der Waals surface area contributed by atoms with Crippen molar-refractivity contribution in [1.29, 1.82) is 0 Å². The molecule has 0 aliphatic carbocycles. The number of carbonyl (C=O) groups excluding carboxylic acids is 1. The lowest BCUT2D eigenvalue weighted by Crippen LogP contribution is -2.47. The lowest BCUT2D eigenvalue weighted by molar-refractivity contribution is 0.226. The Balaban J connectivity index is 1.57. The van der Waals surface area contributed by atoms with E-state index in [2.05, 4.69) is 20.9 Å². The molecule has 19 heavy (non-hydrogen) atoms. The second kappa shape index (κ2) is 7.76. The fourth-order valence-electron chi connectivity index (χ4n) is 2.10. The molecule has 1 saturated heterocycles. The molecule has 3 N–H and O–H groups in total. The van der Waals surface area contributed by atoms with Crippen LogP contribution in [0.3, 0.4) is 0 Å². The van der Waals surface area contributed by atoms with E-state index in [9.17, 15) is 4.79 Å². The van der Waals surface area contributed by atoms with Crippen LogP contribution in [0, 0.1) is 0 Å². The van der Waals surface area contributed by atoms with Crippen LogP contribution in [0.25, 0.3) is 0 Å². The first-order valence-electron chi connectivity index (χ1n) is 6.83. The van der Waals surface area contributed by atoms with Crippen LogP contribution in [0.1, 0.15) is 5.56 Å². The van der Waals surface area contributed by atoms with Crippen molar-refractivity contribution in [3.05, 3.63) is 35.9 Å². The highest BCUT2D eigenvalue weighted by Crippen LogP contribution is 1.96. The Kier molecular flexibility index (Phi) is 5.65. The van der Waals surface area contributed by atoms with Gasteiger partial charge >= 0.3 is 6.03 Å². The Morgan fingerprint density at radius 1 is 1.16 bits per heavy atom. The third-order valence-electron chi connectivity index (χ3n) is 3.22. The van der Waals surface area contributed by atoms with Crippen molar-refractivity contribution < 1.29 is 4.79 Å². The van der Waals surface area contributed by atoms with E-state index in [-0.39, 0.29) is 6.03 Å². The molecule has 0 saturated carbocycles. The summed E-state index contributed by atoms with van der Waals surface area (Å²) in [6.45, 7) is 6.39. The van der Waals surface area contributed by atoms with Crippen LogP contribution in [0.15, 0.2) is 30.3 Å². The first kappa shape index (κ1) is 13.8. The molecule has 0 aromatic heterocycles. The number of hydrogen-bond donors (Lipinski definition) is 3. The van der Waals surface area contributed by atoms with Gasteiger partial charge < -0.3 is 16.0 Å². The summed E-state index contributed by atoms with van der Waals surface area (Å²) in [5.74, 6) is 0. The lowest BCUT2D eigenvalue weighted by Gasteiger charge is -2.27. The molecule has 0 atom stereocenters. The first-order chi connectivity index (χ1) is 9.34. The monoisotopic (exact) mass is 262 g/mol. The van der Waals surface area contributed by atoms with Crippen molar-refractivity contribution in [2.75, 3.05) is 39.3 Å². The summed E-state index contributed by atoms with van der Waals surface area (Å²) in [6.07, 6.45) is 0. The molecular formula is C14H22N4O. The maximum Gasteiger partial charge on any atom is 0.315 e. The van der Waals surface area contributed by atoms with Gasteiger partial charge in [0.1, 0.15) is 0 Å². The topological polar surface area (TPSA) is 56.4 Å². The van der Waals surface area contributed by atoms with Crippen LogP contribution < -0.4 is 16.0 Å². The number of nitrogens with zero attached hydrogens (tertiary/aromatic N) is 1. The minimum Gasteiger partial charge on any atom is -0.337 e. The van der Waals surface area contributed by atoms with E-state index < -0.39 is 0 Å². The molecule has 1 heterocycles. The van der Waals surface area contributed by atoms with Crippen molar-refractivity contribution in [2.24, 2.45) is 0 Å². The van der Waals surface area contributed by atoms with Gasteiger partial charge in [-0.3, -0.25) is 4.90 Å². The zero-order chi connectivity index (χ0) is 13.3. The Morgan fingerprint density at radius 3 is 2.63 bits per heavy atom. The number of rotatable bonds is 5. The van der Waals surface area contributed by atoms with E-state index >= 15 is 0 Å². The van der Waals surface area contributed by atoms with Gasteiger partial charge in [-0.25, -0.2) is 4.79 Å². The second-order valence-electron chi connectivity index (χ2n) is 4.69. The largest absolute Gasteiger partial charge is 0.337 e. The summed E-state index contributed by atoms with van der Waals surface area (Å²) in [4.78, 5) is 14.0. The molecule has 1 aromatic rings. The Bertz CT molecular complexity index is 376. The van der Waals surface area contributed by atoms with Gasteiger partial charge in [-0.15, -0.1) is 0 Å². The zero-order valence-corrected chi connectivity index (χ0v) is 11.2. The van der Waals surface area contributed by atoms with E-state index in [0.717, 1.165) is 38.3 Å². The van der Waals surface area contributed by atoms with Gasteiger partial charge in [-0.1, -0.05) is 30.3 Å². The fraction of sp³-hybridized carbons (Fsp3) is 0.500. The molecule has 1 aliphatic rings. The van der Waals surface area contributed by atoms with Crippen LogP contribution in [0.4, 0.5) is 4.79 Å². The van der Waals surface area contributed by atoms with Crippen molar-refractivity contribution in [2.45, 2.75) is 6.54 Å². The van der Waals surface area contributed by atoms with Gasteiger partial charge in [0, 0.05) is 45.8 Å². The first-order valence-corrected chi connectivity index (χ1v) is 6.83. The standard InChI is InChI=1S/C14H22N4O/c19-14(17-12-13-4-2-1-3-5-13)16-8-11-18-9-6-15-7-10-18/h1-5,15H,6-12H2,(H2,16,17,19). The van der Waals surface area contributed by atoms with Gasteiger partial charge in [0.05, 0.1) is 0 Å². The van der Waals surface area contributed by atoms with Crippen molar-refractivity contribution in [3.63, 3.8) is 0 Å². The second-order valence-corrected chi connectivity index (χ2v) is 4.69. The van der Waals surface area contributed by atoms with Crippen LogP contribution in [-0.4, -0.2) is 50.2 Å². The number of benzene rings is 1. The molecule has 2 rings (SSSR count). The number of piperazine rings is 1. The summed E-state index contributed by atoms with van der Waals surface area (Å²) in [7, 11) is 0. The van der Waals surface area contributed by atoms with E-state index in [4.69, 9.17) is 0 Å². The molecule has 1 fully saturated rings. The summed E-state index contributed by atoms with van der Waals surface area (Å²) in [6, 6.07) is 9.82. The van der Waals surface area contributed by atoms with Gasteiger partial charge in [0.15, 0.2) is 0 Å². The SMILES string of the molecule is O=C(NCCN1CCNCC1)NCc1ccccc1. The van der Waals surface area contributed by atoms with E-state index in [0.29, 0.717) is 13.1 Å². The highest BCUT2D eigenvalue weighted by Gasteiger charge is 2.08. The maximum absolute atomic E-state index is 11.6. The van der Waals surface area contributed by atoms with Crippen molar-refractivity contribution in [3.8, 4) is 0 Å². The average molecular weight is 262 g/mol. The number of amides is 2. The van der Waals surface area contributed by atoms with Crippen molar-refractivity contribution in [1.82, 2.24) is 20.9 Å². The van der Waals surface area contributed by atoms with Gasteiger partial charge in [-0.05, 0) is 5.56 Å². The highest BCUT2D eigenvalue weighted by molar-refractivity contribution is 5.73. The van der Waals surface area contributed by atoms with Crippen LogP contribution >= 0.6 is 0 Å². The predicted molar refractivity (Wildman–Crippen MR) is 76.0 cm³/mol. The van der Waals surface area contributed by atoms with Gasteiger partial charge in [0.25, 0.3) is 0 Å². The molecule has 104 valence electrons.